The van der Waals surface area contributed by atoms with Crippen LogP contribution in [0.3, 0.4) is 0 Å². The minimum absolute atomic E-state index is 0.235. The van der Waals surface area contributed by atoms with E-state index in [1.54, 1.807) is 31.4 Å². The Kier molecular flexibility index (Phi) is 5.01. The lowest BCUT2D eigenvalue weighted by atomic mass is 9.73. The summed E-state index contributed by atoms with van der Waals surface area (Å²) in [6.45, 7) is 3.10. The Morgan fingerprint density at radius 3 is 2.61 bits per heavy atom. The Bertz CT molecular complexity index is 639. The van der Waals surface area contributed by atoms with Crippen LogP contribution >= 0.6 is 11.8 Å². The van der Waals surface area contributed by atoms with Crippen LogP contribution in [0.1, 0.15) is 32.3 Å². The zero-order valence-electron chi connectivity index (χ0n) is 13.0. The van der Waals surface area contributed by atoms with Gasteiger partial charge in [-0.25, -0.2) is 0 Å². The van der Waals surface area contributed by atoms with Crippen LogP contribution in [-0.4, -0.2) is 27.6 Å². The van der Waals surface area contributed by atoms with E-state index in [1.807, 2.05) is 0 Å². The highest BCUT2D eigenvalue weighted by atomic mass is 32.2. The topological polar surface area (TPSA) is 53.1 Å². The summed E-state index contributed by atoms with van der Waals surface area (Å²) < 4.78 is 40.6. The van der Waals surface area contributed by atoms with E-state index in [2.05, 4.69) is 4.98 Å². The molecule has 2 unspecified atom stereocenters. The molecule has 0 spiro atoms. The van der Waals surface area contributed by atoms with Crippen LogP contribution < -0.4 is 5.56 Å². The number of hydrogen-bond donors (Lipinski definition) is 2. The van der Waals surface area contributed by atoms with Crippen molar-refractivity contribution in [1.29, 1.82) is 0 Å². The average Bonchev–Trinajstić information content (AvgIpc) is 2.89. The summed E-state index contributed by atoms with van der Waals surface area (Å²) in [5.74, 6) is 0.210. The number of allylic oxidation sites excluding steroid dienone is 1. The van der Waals surface area contributed by atoms with Gasteiger partial charge in [0.2, 0.25) is 0 Å². The molecule has 0 saturated carbocycles. The highest BCUT2D eigenvalue weighted by Crippen LogP contribution is 2.45. The fraction of sp³-hybridized carbons (Fsp3) is 0.562. The fourth-order valence-electron chi connectivity index (χ4n) is 3.03. The lowest BCUT2D eigenvalue weighted by molar-refractivity contribution is -0.271. The van der Waals surface area contributed by atoms with Crippen LogP contribution in [0.5, 0.6) is 0 Å². The van der Waals surface area contributed by atoms with Crippen LogP contribution in [0.15, 0.2) is 34.6 Å². The molecule has 1 aromatic rings. The first kappa shape index (κ1) is 18.1. The molecule has 0 fully saturated rings. The molecule has 0 amide bonds. The van der Waals surface area contributed by atoms with Gasteiger partial charge in [-0.2, -0.15) is 13.2 Å². The molecule has 2 rings (SSSR count). The Balaban J connectivity index is 2.31. The van der Waals surface area contributed by atoms with Crippen LogP contribution in [0.4, 0.5) is 13.2 Å². The SMILES string of the molecule is CC(C)(CC(O)(CC1C=CSC1)C(F)(F)F)c1ccc[nH]c1=O. The molecule has 1 aromatic heterocycles. The highest BCUT2D eigenvalue weighted by molar-refractivity contribution is 8.02. The number of halogens is 3. The Morgan fingerprint density at radius 2 is 2.09 bits per heavy atom. The minimum Gasteiger partial charge on any atom is -0.380 e. The van der Waals surface area contributed by atoms with Crippen molar-refractivity contribution in [1.82, 2.24) is 4.98 Å². The molecule has 128 valence electrons. The van der Waals surface area contributed by atoms with Gasteiger partial charge in [0.15, 0.2) is 5.60 Å². The molecule has 1 aliphatic heterocycles. The molecule has 0 aromatic carbocycles. The number of nitrogens with one attached hydrogen (secondary N) is 1. The maximum atomic E-state index is 13.5. The van der Waals surface area contributed by atoms with Gasteiger partial charge in [-0.15, -0.1) is 11.8 Å². The second kappa shape index (κ2) is 6.36. The first-order valence-electron chi connectivity index (χ1n) is 7.31. The van der Waals surface area contributed by atoms with Crippen molar-refractivity contribution in [2.24, 2.45) is 5.92 Å². The van der Waals surface area contributed by atoms with Crippen molar-refractivity contribution < 1.29 is 18.3 Å². The number of aromatic nitrogens is 1. The molecule has 2 atom stereocenters. The van der Waals surface area contributed by atoms with E-state index in [-0.39, 0.29) is 11.5 Å². The lowest BCUT2D eigenvalue weighted by Crippen LogP contribution is -2.51. The van der Waals surface area contributed by atoms with Crippen LogP contribution in [0.25, 0.3) is 0 Å². The summed E-state index contributed by atoms with van der Waals surface area (Å²) in [6, 6.07) is 3.07. The number of hydrogen-bond acceptors (Lipinski definition) is 3. The zero-order valence-corrected chi connectivity index (χ0v) is 13.8. The van der Waals surface area contributed by atoms with Crippen molar-refractivity contribution in [3.8, 4) is 0 Å². The number of H-pyrrole nitrogens is 1. The van der Waals surface area contributed by atoms with E-state index in [9.17, 15) is 23.1 Å². The second-order valence-electron chi connectivity index (χ2n) is 6.63. The lowest BCUT2D eigenvalue weighted by Gasteiger charge is -2.38. The van der Waals surface area contributed by atoms with E-state index < -0.39 is 35.6 Å². The van der Waals surface area contributed by atoms with Gasteiger partial charge >= 0.3 is 6.18 Å². The molecule has 2 N–H and O–H groups in total. The van der Waals surface area contributed by atoms with Crippen molar-refractivity contribution in [3.63, 3.8) is 0 Å². The number of thioether (sulfide) groups is 1. The molecule has 0 radical (unpaired) electrons. The van der Waals surface area contributed by atoms with Crippen LogP contribution in [0.2, 0.25) is 0 Å². The molecule has 0 bridgehead atoms. The number of pyridine rings is 1. The molecule has 1 aliphatic rings. The fourth-order valence-corrected chi connectivity index (χ4v) is 3.95. The summed E-state index contributed by atoms with van der Waals surface area (Å²) in [6.07, 6.45) is -2.59. The van der Waals surface area contributed by atoms with Crippen molar-refractivity contribution in [3.05, 3.63) is 45.7 Å². The summed E-state index contributed by atoms with van der Waals surface area (Å²) >= 11 is 1.44. The first-order chi connectivity index (χ1) is 10.6. The van der Waals surface area contributed by atoms with Crippen LogP contribution in [-0.2, 0) is 5.41 Å². The summed E-state index contributed by atoms with van der Waals surface area (Å²) in [5, 5.41) is 12.2. The monoisotopic (exact) mass is 347 g/mol. The summed E-state index contributed by atoms with van der Waals surface area (Å²) in [7, 11) is 0. The molecular weight excluding hydrogens is 327 g/mol. The van der Waals surface area contributed by atoms with Gasteiger partial charge in [0.05, 0.1) is 0 Å². The normalized spacial score (nSPS) is 21.4. The second-order valence-corrected chi connectivity index (χ2v) is 7.57. The third-order valence-electron chi connectivity index (χ3n) is 4.17. The predicted octanol–water partition coefficient (Wildman–Crippen LogP) is 3.60. The summed E-state index contributed by atoms with van der Waals surface area (Å²) in [4.78, 5) is 14.4. The minimum atomic E-state index is -4.76. The van der Waals surface area contributed by atoms with Gasteiger partial charge in [-0.1, -0.05) is 26.0 Å². The number of rotatable bonds is 5. The number of aromatic amines is 1. The van der Waals surface area contributed by atoms with Gasteiger partial charge in [0.1, 0.15) is 0 Å². The van der Waals surface area contributed by atoms with E-state index in [0.717, 1.165) is 0 Å². The summed E-state index contributed by atoms with van der Waals surface area (Å²) in [5.41, 5.74) is -4.15. The van der Waals surface area contributed by atoms with E-state index in [1.165, 1.54) is 24.0 Å². The highest BCUT2D eigenvalue weighted by Gasteiger charge is 2.56. The van der Waals surface area contributed by atoms with E-state index >= 15 is 0 Å². The van der Waals surface area contributed by atoms with Crippen molar-refractivity contribution >= 4 is 11.8 Å². The van der Waals surface area contributed by atoms with Crippen molar-refractivity contribution in [2.45, 2.75) is 43.9 Å². The Hall–Kier alpha value is -1.21. The smallest absolute Gasteiger partial charge is 0.380 e. The van der Waals surface area contributed by atoms with Gasteiger partial charge in [-0.05, 0) is 35.6 Å². The molecular formula is C16H20F3NO2S. The predicted molar refractivity (Wildman–Crippen MR) is 85.4 cm³/mol. The molecule has 7 heteroatoms. The van der Waals surface area contributed by atoms with Crippen LogP contribution in [0, 0.1) is 5.92 Å². The third kappa shape index (κ3) is 4.01. The number of alkyl halides is 3. The average molecular weight is 347 g/mol. The molecule has 0 saturated heterocycles. The quantitative estimate of drug-likeness (QED) is 0.856. The molecule has 23 heavy (non-hydrogen) atoms. The standard InChI is InChI=1S/C16H20F3NO2S/c1-14(2,12-4-3-6-20-13(12)21)10-15(22,16(17,18)19)8-11-5-7-23-9-11/h3-7,11,22H,8-10H2,1-2H3,(H,20,21). The maximum absolute atomic E-state index is 13.5. The van der Waals surface area contributed by atoms with Gasteiger partial charge in [0.25, 0.3) is 5.56 Å². The van der Waals surface area contributed by atoms with Gasteiger partial charge in [-0.3, -0.25) is 4.79 Å². The van der Waals surface area contributed by atoms with Gasteiger partial charge < -0.3 is 10.1 Å². The van der Waals surface area contributed by atoms with E-state index in [4.69, 9.17) is 0 Å². The van der Waals surface area contributed by atoms with E-state index in [0.29, 0.717) is 5.75 Å². The Morgan fingerprint density at radius 1 is 1.39 bits per heavy atom. The molecule has 2 heterocycles. The largest absolute Gasteiger partial charge is 0.417 e. The van der Waals surface area contributed by atoms with Gasteiger partial charge in [0, 0.05) is 17.5 Å². The Labute approximate surface area is 137 Å². The zero-order chi connectivity index (χ0) is 17.3. The van der Waals surface area contributed by atoms with Crippen molar-refractivity contribution in [2.75, 3.05) is 5.75 Å². The molecule has 3 nitrogen and oxygen atoms in total. The first-order valence-corrected chi connectivity index (χ1v) is 8.36. The maximum Gasteiger partial charge on any atom is 0.417 e. The molecule has 0 aliphatic carbocycles. The number of aliphatic hydroxyl groups is 1. The third-order valence-corrected chi connectivity index (χ3v) is 5.14.